The van der Waals surface area contributed by atoms with E-state index in [1.807, 2.05) is 0 Å². The summed E-state index contributed by atoms with van der Waals surface area (Å²) in [5, 5.41) is 3.35. The molecule has 6 nitrogen and oxygen atoms in total. The van der Waals surface area contributed by atoms with Crippen molar-refractivity contribution in [3.63, 3.8) is 0 Å². The van der Waals surface area contributed by atoms with Gasteiger partial charge in [-0.25, -0.2) is 8.42 Å². The van der Waals surface area contributed by atoms with Crippen LogP contribution in [0.4, 0.5) is 0 Å². The average molecular weight is 449 g/mol. The number of ether oxygens (including phenoxy) is 1. The predicted molar refractivity (Wildman–Crippen MR) is 117 cm³/mol. The lowest BCUT2D eigenvalue weighted by atomic mass is 10.1. The van der Waals surface area contributed by atoms with Gasteiger partial charge in [-0.3, -0.25) is 4.79 Å². The minimum Gasteiger partial charge on any atom is -0.376 e. The molecule has 0 aromatic heterocycles. The second-order valence-corrected chi connectivity index (χ2v) is 9.46. The van der Waals surface area contributed by atoms with Gasteiger partial charge in [0.15, 0.2) is 0 Å². The Hall–Kier alpha value is -2.19. The van der Waals surface area contributed by atoms with Crippen molar-refractivity contribution in [3.05, 3.63) is 77.3 Å². The zero-order chi connectivity index (χ0) is 21.6. The van der Waals surface area contributed by atoms with Crippen LogP contribution in [0.2, 0.25) is 5.02 Å². The highest BCUT2D eigenvalue weighted by molar-refractivity contribution is 7.89. The number of benzene rings is 2. The van der Waals surface area contributed by atoms with Crippen molar-refractivity contribution in [1.29, 1.82) is 0 Å². The Balaban J connectivity index is 1.67. The molecule has 1 amide bonds. The largest absolute Gasteiger partial charge is 0.376 e. The van der Waals surface area contributed by atoms with Gasteiger partial charge in [-0.05, 0) is 54.8 Å². The van der Waals surface area contributed by atoms with Gasteiger partial charge in [0.25, 0.3) is 5.91 Å². The fraction of sp³-hybridized carbons (Fsp3) is 0.318. The Morgan fingerprint density at radius 3 is 2.50 bits per heavy atom. The highest BCUT2D eigenvalue weighted by Gasteiger charge is 2.24. The Labute approximate surface area is 182 Å². The molecule has 1 heterocycles. The van der Waals surface area contributed by atoms with Crippen molar-refractivity contribution in [2.45, 2.75) is 30.4 Å². The zero-order valence-electron chi connectivity index (χ0n) is 16.6. The first-order valence-corrected chi connectivity index (χ1v) is 11.6. The van der Waals surface area contributed by atoms with E-state index in [4.69, 9.17) is 16.3 Å². The lowest BCUT2D eigenvalue weighted by molar-refractivity contribution is 0.0857. The molecular formula is C22H25ClN2O4S. The number of sulfonamides is 1. The molecule has 0 radical (unpaired) electrons. The standard InChI is InChI=1S/C22H25ClN2O4S/c1-2-13-25(30(27,28)21-11-9-19(23)10-12-21)16-17-5-7-18(8-6-17)22(26)24-15-20-4-3-14-29-20/h2,5-12,20H,1,3-4,13-16H2,(H,24,26)/t20-/m0/s1. The summed E-state index contributed by atoms with van der Waals surface area (Å²) in [4.78, 5) is 12.5. The smallest absolute Gasteiger partial charge is 0.251 e. The predicted octanol–water partition coefficient (Wildman–Crippen LogP) is 3.63. The van der Waals surface area contributed by atoms with Crippen LogP contribution in [-0.4, -0.2) is 44.4 Å². The Kier molecular flexibility index (Phi) is 7.66. The first-order chi connectivity index (χ1) is 14.4. The fourth-order valence-electron chi connectivity index (χ4n) is 3.23. The maximum absolute atomic E-state index is 13.0. The third kappa shape index (κ3) is 5.70. The van der Waals surface area contributed by atoms with Crippen molar-refractivity contribution in [2.75, 3.05) is 19.7 Å². The molecule has 1 aliphatic rings. The van der Waals surface area contributed by atoms with Crippen LogP contribution >= 0.6 is 11.6 Å². The molecule has 30 heavy (non-hydrogen) atoms. The topological polar surface area (TPSA) is 75.7 Å². The first kappa shape index (κ1) is 22.5. The van der Waals surface area contributed by atoms with E-state index in [1.165, 1.54) is 16.4 Å². The maximum atomic E-state index is 13.0. The van der Waals surface area contributed by atoms with E-state index < -0.39 is 10.0 Å². The molecule has 0 bridgehead atoms. The molecule has 3 rings (SSSR count). The molecule has 0 aliphatic carbocycles. The van der Waals surface area contributed by atoms with Crippen molar-refractivity contribution in [1.82, 2.24) is 9.62 Å². The van der Waals surface area contributed by atoms with Crippen LogP contribution < -0.4 is 5.32 Å². The van der Waals surface area contributed by atoms with Crippen molar-refractivity contribution >= 4 is 27.5 Å². The number of carbonyl (C=O) groups is 1. The van der Waals surface area contributed by atoms with Gasteiger partial charge in [0.05, 0.1) is 11.0 Å². The zero-order valence-corrected chi connectivity index (χ0v) is 18.2. The van der Waals surface area contributed by atoms with Gasteiger partial charge in [0, 0.05) is 36.8 Å². The van der Waals surface area contributed by atoms with Gasteiger partial charge >= 0.3 is 0 Å². The number of nitrogens with one attached hydrogen (secondary N) is 1. The second kappa shape index (κ2) is 10.2. The Morgan fingerprint density at radius 1 is 1.20 bits per heavy atom. The molecular weight excluding hydrogens is 424 g/mol. The highest BCUT2D eigenvalue weighted by atomic mass is 35.5. The molecule has 2 aromatic rings. The summed E-state index contributed by atoms with van der Waals surface area (Å²) in [6.07, 6.45) is 3.61. The number of carbonyl (C=O) groups excluding carboxylic acids is 1. The number of rotatable bonds is 9. The summed E-state index contributed by atoms with van der Waals surface area (Å²) in [5.74, 6) is -0.172. The summed E-state index contributed by atoms with van der Waals surface area (Å²) in [6.45, 7) is 5.22. The summed E-state index contributed by atoms with van der Waals surface area (Å²) in [7, 11) is -3.71. The lowest BCUT2D eigenvalue weighted by Gasteiger charge is -2.21. The van der Waals surface area contributed by atoms with Gasteiger partial charge in [-0.15, -0.1) is 6.58 Å². The van der Waals surface area contributed by atoms with Crippen LogP contribution in [0.3, 0.4) is 0 Å². The molecule has 160 valence electrons. The van der Waals surface area contributed by atoms with E-state index in [0.717, 1.165) is 25.0 Å². The summed E-state index contributed by atoms with van der Waals surface area (Å²) in [5.41, 5.74) is 1.29. The molecule has 8 heteroatoms. The van der Waals surface area contributed by atoms with Gasteiger partial charge < -0.3 is 10.1 Å². The van der Waals surface area contributed by atoms with Crippen LogP contribution in [0, 0.1) is 0 Å². The number of hydrogen-bond donors (Lipinski definition) is 1. The molecule has 0 spiro atoms. The number of amides is 1. The molecule has 1 aliphatic heterocycles. The molecule has 0 saturated carbocycles. The van der Waals surface area contributed by atoms with E-state index in [1.54, 1.807) is 42.5 Å². The molecule has 1 N–H and O–H groups in total. The van der Waals surface area contributed by atoms with E-state index in [2.05, 4.69) is 11.9 Å². The Bertz CT molecular complexity index is 969. The summed E-state index contributed by atoms with van der Waals surface area (Å²) in [6, 6.07) is 13.0. The molecule has 0 unspecified atom stereocenters. The minimum absolute atomic E-state index is 0.0822. The van der Waals surface area contributed by atoms with Crippen LogP contribution in [0.25, 0.3) is 0 Å². The lowest BCUT2D eigenvalue weighted by Crippen LogP contribution is -2.32. The number of halogens is 1. The van der Waals surface area contributed by atoms with Crippen LogP contribution in [0.15, 0.2) is 66.1 Å². The SMILES string of the molecule is C=CCN(Cc1ccc(C(=O)NC[C@@H]2CCCO2)cc1)S(=O)(=O)c1ccc(Cl)cc1. The van der Waals surface area contributed by atoms with Crippen LogP contribution in [-0.2, 0) is 21.3 Å². The molecule has 2 aromatic carbocycles. The monoisotopic (exact) mass is 448 g/mol. The number of hydrogen-bond acceptors (Lipinski definition) is 4. The van der Waals surface area contributed by atoms with E-state index >= 15 is 0 Å². The summed E-state index contributed by atoms with van der Waals surface area (Å²) < 4.78 is 32.8. The van der Waals surface area contributed by atoms with Gasteiger partial charge in [0.2, 0.25) is 10.0 Å². The highest BCUT2D eigenvalue weighted by Crippen LogP contribution is 2.21. The average Bonchev–Trinajstić information content (AvgIpc) is 3.26. The van der Waals surface area contributed by atoms with Crippen molar-refractivity contribution in [3.8, 4) is 0 Å². The molecule has 1 saturated heterocycles. The quantitative estimate of drug-likeness (QED) is 0.594. The molecule has 1 atom stereocenters. The van der Waals surface area contributed by atoms with Crippen molar-refractivity contribution in [2.24, 2.45) is 0 Å². The third-order valence-corrected chi connectivity index (χ3v) is 6.95. The minimum atomic E-state index is -3.71. The van der Waals surface area contributed by atoms with Gasteiger partial charge in [-0.1, -0.05) is 29.8 Å². The molecule has 1 fully saturated rings. The third-order valence-electron chi connectivity index (χ3n) is 4.87. The number of nitrogens with zero attached hydrogens (tertiary/aromatic N) is 1. The maximum Gasteiger partial charge on any atom is 0.251 e. The van der Waals surface area contributed by atoms with Crippen molar-refractivity contribution < 1.29 is 17.9 Å². The van der Waals surface area contributed by atoms with E-state index in [-0.39, 0.29) is 30.0 Å². The Morgan fingerprint density at radius 2 is 1.90 bits per heavy atom. The van der Waals surface area contributed by atoms with Crippen LogP contribution in [0.5, 0.6) is 0 Å². The second-order valence-electron chi connectivity index (χ2n) is 7.08. The fourth-order valence-corrected chi connectivity index (χ4v) is 4.75. The normalized spacial score (nSPS) is 16.5. The first-order valence-electron chi connectivity index (χ1n) is 9.75. The van der Waals surface area contributed by atoms with Gasteiger partial charge in [-0.2, -0.15) is 4.31 Å². The van der Waals surface area contributed by atoms with E-state index in [0.29, 0.717) is 17.1 Å². The summed E-state index contributed by atoms with van der Waals surface area (Å²) >= 11 is 5.87. The van der Waals surface area contributed by atoms with Crippen LogP contribution in [0.1, 0.15) is 28.8 Å². The van der Waals surface area contributed by atoms with Gasteiger partial charge in [0.1, 0.15) is 0 Å². The van der Waals surface area contributed by atoms with E-state index in [9.17, 15) is 13.2 Å².